The number of hydrogen-bond acceptors (Lipinski definition) is 8. The third-order valence-corrected chi connectivity index (χ3v) is 9.55. The Morgan fingerprint density at radius 3 is 2.37 bits per heavy atom. The Bertz CT molecular complexity index is 1880. The number of carbonyl (C=O) groups is 3. The van der Waals surface area contributed by atoms with Gasteiger partial charge in [0.25, 0.3) is 21.8 Å². The number of ether oxygens (including phenoxy) is 2. The first-order valence-corrected chi connectivity index (χ1v) is 17.6. The highest BCUT2D eigenvalue weighted by atomic mass is 32.2. The summed E-state index contributed by atoms with van der Waals surface area (Å²) in [6, 6.07) is 28.4. The normalized spacial score (nSPS) is 13.9. The van der Waals surface area contributed by atoms with Gasteiger partial charge >= 0.3 is 5.97 Å². The van der Waals surface area contributed by atoms with Crippen LogP contribution >= 0.6 is 0 Å². The molecule has 1 atom stereocenters. The molecule has 0 fully saturated rings. The number of fused-ring (bicyclic) bond motifs is 1. The van der Waals surface area contributed by atoms with Crippen LogP contribution in [0.5, 0.6) is 11.5 Å². The van der Waals surface area contributed by atoms with Crippen molar-refractivity contribution in [2.75, 3.05) is 29.9 Å². The number of sulfonamides is 1. The van der Waals surface area contributed by atoms with Gasteiger partial charge in [-0.15, -0.1) is 0 Å². The SMILES string of the molecule is Cc1ccccc1S(=O)(=O)NC(=O)C1CN(CCCC(=O)O)c2cccc(NC(=O)c3ccc(OCCCCc4ccccc4)cc3)c2O1. The third kappa shape index (κ3) is 9.38. The lowest BCUT2D eigenvalue weighted by molar-refractivity contribution is -0.137. The second-order valence-electron chi connectivity index (χ2n) is 11.7. The minimum atomic E-state index is -4.21. The molecule has 0 saturated carbocycles. The minimum absolute atomic E-state index is 0.0349. The van der Waals surface area contributed by atoms with Gasteiger partial charge < -0.3 is 24.8 Å². The quantitative estimate of drug-likeness (QED) is 0.136. The number of nitrogens with one attached hydrogen (secondary N) is 2. The van der Waals surface area contributed by atoms with Crippen LogP contribution in [0.1, 0.15) is 47.2 Å². The Morgan fingerprint density at radius 1 is 0.898 bits per heavy atom. The van der Waals surface area contributed by atoms with Crippen molar-refractivity contribution in [3.8, 4) is 11.5 Å². The number of unbranched alkanes of at least 4 members (excludes halogenated alkanes) is 1. The monoisotopic (exact) mass is 685 g/mol. The number of aryl methyl sites for hydroxylation is 2. The van der Waals surface area contributed by atoms with E-state index in [1.807, 2.05) is 18.2 Å². The summed E-state index contributed by atoms with van der Waals surface area (Å²) < 4.78 is 40.2. The van der Waals surface area contributed by atoms with E-state index >= 15 is 0 Å². The fraction of sp³-hybridized carbons (Fsp3) is 0.270. The average Bonchev–Trinajstić information content (AvgIpc) is 3.08. The predicted octanol–water partition coefficient (Wildman–Crippen LogP) is 5.59. The van der Waals surface area contributed by atoms with Gasteiger partial charge in [0.2, 0.25) is 0 Å². The average molecular weight is 686 g/mol. The lowest BCUT2D eigenvalue weighted by Crippen LogP contribution is -2.50. The molecule has 0 aliphatic carbocycles. The first kappa shape index (κ1) is 35.0. The van der Waals surface area contributed by atoms with Crippen LogP contribution in [0.2, 0.25) is 0 Å². The Labute approximate surface area is 285 Å². The number of carbonyl (C=O) groups excluding carboxylic acids is 2. The van der Waals surface area contributed by atoms with E-state index in [-0.39, 0.29) is 42.3 Å². The molecule has 2 amide bonds. The molecule has 11 nitrogen and oxygen atoms in total. The fourth-order valence-electron chi connectivity index (χ4n) is 5.52. The maximum Gasteiger partial charge on any atom is 0.303 e. The van der Waals surface area contributed by atoms with Crippen molar-refractivity contribution in [3.05, 3.63) is 114 Å². The van der Waals surface area contributed by atoms with Crippen molar-refractivity contribution < 1.29 is 37.4 Å². The molecular formula is C37H39N3O8S. The number of benzene rings is 4. The number of carboxylic acid groups (broad SMARTS) is 1. The molecule has 0 saturated heterocycles. The van der Waals surface area contributed by atoms with Crippen molar-refractivity contribution in [2.24, 2.45) is 0 Å². The van der Waals surface area contributed by atoms with E-state index < -0.39 is 33.9 Å². The van der Waals surface area contributed by atoms with Gasteiger partial charge in [-0.2, -0.15) is 0 Å². The van der Waals surface area contributed by atoms with Gasteiger partial charge in [-0.1, -0.05) is 54.6 Å². The van der Waals surface area contributed by atoms with Crippen molar-refractivity contribution in [1.29, 1.82) is 0 Å². The molecule has 0 radical (unpaired) electrons. The molecule has 0 spiro atoms. The Balaban J connectivity index is 1.26. The van der Waals surface area contributed by atoms with Crippen LogP contribution < -0.4 is 24.4 Å². The van der Waals surface area contributed by atoms with Crippen LogP contribution in [-0.4, -0.2) is 57.1 Å². The highest BCUT2D eigenvalue weighted by molar-refractivity contribution is 7.90. The van der Waals surface area contributed by atoms with Gasteiger partial charge in [0.05, 0.1) is 29.4 Å². The zero-order valence-corrected chi connectivity index (χ0v) is 27.9. The summed E-state index contributed by atoms with van der Waals surface area (Å²) in [5.41, 5.74) is 2.92. The summed E-state index contributed by atoms with van der Waals surface area (Å²) in [5, 5.41) is 12.0. The number of hydrogen-bond donors (Lipinski definition) is 3. The molecule has 5 rings (SSSR count). The first-order valence-electron chi connectivity index (χ1n) is 16.1. The summed E-state index contributed by atoms with van der Waals surface area (Å²) in [6.45, 7) is 2.39. The van der Waals surface area contributed by atoms with Crippen LogP contribution in [0.3, 0.4) is 0 Å². The molecule has 4 aromatic carbocycles. The van der Waals surface area contributed by atoms with Crippen LogP contribution in [0.25, 0.3) is 0 Å². The number of anilines is 2. The lowest BCUT2D eigenvalue weighted by Gasteiger charge is -2.36. The van der Waals surface area contributed by atoms with Gasteiger partial charge in [-0.05, 0) is 86.2 Å². The maximum absolute atomic E-state index is 13.4. The van der Waals surface area contributed by atoms with E-state index in [0.717, 1.165) is 19.3 Å². The summed E-state index contributed by atoms with van der Waals surface area (Å²) in [4.78, 5) is 39.6. The van der Waals surface area contributed by atoms with Crippen molar-refractivity contribution in [3.63, 3.8) is 0 Å². The number of nitrogens with zero attached hydrogens (tertiary/aromatic N) is 1. The molecular weight excluding hydrogens is 646 g/mol. The second-order valence-corrected chi connectivity index (χ2v) is 13.4. The van der Waals surface area contributed by atoms with Crippen LogP contribution in [0, 0.1) is 6.92 Å². The van der Waals surface area contributed by atoms with Crippen molar-refractivity contribution in [2.45, 2.75) is 50.0 Å². The number of amides is 2. The second kappa shape index (κ2) is 16.2. The number of para-hydroxylation sites is 1. The standard InChI is InChI=1S/C37H39N3O8S/c1-26-11-5-6-17-33(26)49(45,46)39-37(44)32-25-40(23-10-18-34(41)42)31-16-9-15-30(35(31)48-32)38-36(43)28-19-21-29(22-20-28)47-24-8-7-14-27-12-3-2-4-13-27/h2-6,9,11-13,15-17,19-22,32H,7-8,10,14,18,23-25H2,1H3,(H,38,43)(H,39,44)(H,41,42). The van der Waals surface area contributed by atoms with E-state index in [9.17, 15) is 27.9 Å². The Morgan fingerprint density at radius 2 is 1.63 bits per heavy atom. The molecule has 1 unspecified atom stereocenters. The molecule has 1 heterocycles. The molecule has 4 aromatic rings. The molecule has 256 valence electrons. The van der Waals surface area contributed by atoms with E-state index in [1.165, 1.54) is 11.6 Å². The molecule has 12 heteroatoms. The molecule has 0 aromatic heterocycles. The molecule has 1 aliphatic heterocycles. The smallest absolute Gasteiger partial charge is 0.303 e. The minimum Gasteiger partial charge on any atom is -0.494 e. The number of rotatable bonds is 15. The van der Waals surface area contributed by atoms with Crippen LogP contribution in [0.4, 0.5) is 11.4 Å². The highest BCUT2D eigenvalue weighted by Gasteiger charge is 2.35. The zero-order chi connectivity index (χ0) is 34.8. The van der Waals surface area contributed by atoms with Crippen LogP contribution in [0.15, 0.2) is 102 Å². The molecule has 1 aliphatic rings. The topological polar surface area (TPSA) is 151 Å². The Hall–Kier alpha value is -5.36. The maximum atomic E-state index is 13.4. The van der Waals surface area contributed by atoms with Gasteiger partial charge in [0, 0.05) is 18.5 Å². The molecule has 0 bridgehead atoms. The summed E-state index contributed by atoms with van der Waals surface area (Å²) >= 11 is 0. The van der Waals surface area contributed by atoms with E-state index in [1.54, 1.807) is 72.5 Å². The van der Waals surface area contributed by atoms with E-state index in [0.29, 0.717) is 29.2 Å². The number of carboxylic acids is 1. The first-order chi connectivity index (χ1) is 23.6. The summed E-state index contributed by atoms with van der Waals surface area (Å²) in [7, 11) is -4.21. The van der Waals surface area contributed by atoms with Gasteiger partial charge in [0.1, 0.15) is 5.75 Å². The zero-order valence-electron chi connectivity index (χ0n) is 27.1. The fourth-order valence-corrected chi connectivity index (χ4v) is 6.77. The molecule has 3 N–H and O–H groups in total. The summed E-state index contributed by atoms with van der Waals surface area (Å²) in [6.07, 6.45) is 1.75. The highest BCUT2D eigenvalue weighted by Crippen LogP contribution is 2.40. The Kier molecular flexibility index (Phi) is 11.5. The van der Waals surface area contributed by atoms with Crippen molar-refractivity contribution >= 4 is 39.2 Å². The van der Waals surface area contributed by atoms with E-state index in [2.05, 4.69) is 22.2 Å². The van der Waals surface area contributed by atoms with Gasteiger partial charge in [-0.3, -0.25) is 14.4 Å². The number of aliphatic carboxylic acids is 1. The van der Waals surface area contributed by atoms with Crippen molar-refractivity contribution in [1.82, 2.24) is 4.72 Å². The van der Waals surface area contributed by atoms with E-state index in [4.69, 9.17) is 9.47 Å². The van der Waals surface area contributed by atoms with Crippen LogP contribution in [-0.2, 0) is 26.0 Å². The summed E-state index contributed by atoms with van der Waals surface area (Å²) in [5.74, 6) is -1.48. The lowest BCUT2D eigenvalue weighted by atomic mass is 10.1. The predicted molar refractivity (Wildman–Crippen MR) is 186 cm³/mol. The largest absolute Gasteiger partial charge is 0.494 e. The van der Waals surface area contributed by atoms with Gasteiger partial charge in [0.15, 0.2) is 11.9 Å². The molecule has 49 heavy (non-hydrogen) atoms. The third-order valence-electron chi connectivity index (χ3n) is 8.05. The van der Waals surface area contributed by atoms with Gasteiger partial charge in [-0.25, -0.2) is 13.1 Å².